The van der Waals surface area contributed by atoms with Crippen LogP contribution in [0.1, 0.15) is 6.42 Å². The molecule has 1 amide bonds. The van der Waals surface area contributed by atoms with Crippen molar-refractivity contribution in [2.75, 3.05) is 5.32 Å². The summed E-state index contributed by atoms with van der Waals surface area (Å²) in [4.78, 5) is 24.2. The second-order valence-corrected chi connectivity index (χ2v) is 6.63. The standard InChI is InChI=1S/C23H18FN3O3/c24-16-4-3-5-19(14-16)30-18-10-8-17(9-11-18)26-23(29)12-13-27-21-7-2-1-6-20(21)22(28)15-25-27/h1-11,14-15H,12-13H2,(H,26,29). The van der Waals surface area contributed by atoms with Crippen LogP contribution in [-0.4, -0.2) is 15.7 Å². The molecule has 0 radical (unpaired) electrons. The first-order chi connectivity index (χ1) is 14.6. The van der Waals surface area contributed by atoms with Crippen molar-refractivity contribution in [1.29, 1.82) is 0 Å². The van der Waals surface area contributed by atoms with E-state index in [0.29, 0.717) is 34.6 Å². The van der Waals surface area contributed by atoms with E-state index in [1.165, 1.54) is 18.3 Å². The van der Waals surface area contributed by atoms with Gasteiger partial charge in [-0.05, 0) is 48.5 Å². The first-order valence-electron chi connectivity index (χ1n) is 9.37. The van der Waals surface area contributed by atoms with Crippen LogP contribution in [0.4, 0.5) is 10.1 Å². The van der Waals surface area contributed by atoms with Gasteiger partial charge in [-0.1, -0.05) is 18.2 Å². The molecule has 7 heteroatoms. The maximum Gasteiger partial charge on any atom is 0.226 e. The van der Waals surface area contributed by atoms with E-state index in [1.54, 1.807) is 59.3 Å². The molecule has 1 N–H and O–H groups in total. The summed E-state index contributed by atoms with van der Waals surface area (Å²) in [5, 5.41) is 7.51. The monoisotopic (exact) mass is 403 g/mol. The zero-order valence-electron chi connectivity index (χ0n) is 15.9. The Hall–Kier alpha value is -4.00. The third-order valence-corrected chi connectivity index (χ3v) is 4.48. The lowest BCUT2D eigenvalue weighted by Gasteiger charge is -2.10. The van der Waals surface area contributed by atoms with E-state index in [4.69, 9.17) is 4.74 Å². The summed E-state index contributed by atoms with van der Waals surface area (Å²) in [5.41, 5.74) is 1.16. The van der Waals surface area contributed by atoms with Crippen molar-refractivity contribution in [3.63, 3.8) is 0 Å². The molecule has 0 aliphatic carbocycles. The minimum absolute atomic E-state index is 0.146. The Morgan fingerprint density at radius 2 is 1.80 bits per heavy atom. The maximum absolute atomic E-state index is 13.2. The van der Waals surface area contributed by atoms with Crippen LogP contribution in [0.15, 0.2) is 83.8 Å². The van der Waals surface area contributed by atoms with E-state index in [-0.39, 0.29) is 23.6 Å². The fourth-order valence-electron chi connectivity index (χ4n) is 3.04. The van der Waals surface area contributed by atoms with Crippen LogP contribution >= 0.6 is 0 Å². The van der Waals surface area contributed by atoms with Crippen molar-refractivity contribution in [3.8, 4) is 11.5 Å². The van der Waals surface area contributed by atoms with Crippen molar-refractivity contribution in [2.45, 2.75) is 13.0 Å². The number of rotatable bonds is 6. The highest BCUT2D eigenvalue weighted by Crippen LogP contribution is 2.23. The molecule has 0 aliphatic heterocycles. The molecular weight excluding hydrogens is 385 g/mol. The second kappa shape index (κ2) is 8.57. The zero-order chi connectivity index (χ0) is 20.9. The molecule has 0 bridgehead atoms. The summed E-state index contributed by atoms with van der Waals surface area (Å²) in [7, 11) is 0. The van der Waals surface area contributed by atoms with E-state index in [0.717, 1.165) is 0 Å². The molecule has 0 spiro atoms. The van der Waals surface area contributed by atoms with Crippen LogP contribution in [0.2, 0.25) is 0 Å². The van der Waals surface area contributed by atoms with Gasteiger partial charge in [-0.25, -0.2) is 4.39 Å². The van der Waals surface area contributed by atoms with Crippen LogP contribution in [0.5, 0.6) is 11.5 Å². The lowest BCUT2D eigenvalue weighted by molar-refractivity contribution is -0.116. The van der Waals surface area contributed by atoms with Crippen LogP contribution < -0.4 is 15.5 Å². The molecule has 3 aromatic carbocycles. The average Bonchev–Trinajstić information content (AvgIpc) is 2.75. The molecule has 150 valence electrons. The van der Waals surface area contributed by atoms with E-state index in [1.807, 2.05) is 6.07 Å². The number of hydrogen-bond donors (Lipinski definition) is 1. The molecule has 0 unspecified atom stereocenters. The van der Waals surface area contributed by atoms with Gasteiger partial charge in [0.2, 0.25) is 11.3 Å². The van der Waals surface area contributed by atoms with Gasteiger partial charge in [-0.3, -0.25) is 14.3 Å². The molecule has 0 fully saturated rings. The number of benzene rings is 3. The van der Waals surface area contributed by atoms with Gasteiger partial charge in [0, 0.05) is 23.6 Å². The number of aryl methyl sites for hydroxylation is 1. The Kier molecular flexibility index (Phi) is 5.52. The fourth-order valence-corrected chi connectivity index (χ4v) is 3.04. The molecule has 0 saturated heterocycles. The van der Waals surface area contributed by atoms with Crippen LogP contribution in [-0.2, 0) is 11.3 Å². The molecule has 4 rings (SSSR count). The second-order valence-electron chi connectivity index (χ2n) is 6.63. The summed E-state index contributed by atoms with van der Waals surface area (Å²) < 4.78 is 20.5. The fraction of sp³-hybridized carbons (Fsp3) is 0.0870. The van der Waals surface area contributed by atoms with E-state index in [9.17, 15) is 14.0 Å². The number of carbonyl (C=O) groups excluding carboxylic acids is 1. The molecule has 0 aliphatic rings. The van der Waals surface area contributed by atoms with Gasteiger partial charge in [0.15, 0.2) is 0 Å². The number of carbonyl (C=O) groups is 1. The summed E-state index contributed by atoms with van der Waals surface area (Å²) in [6.07, 6.45) is 1.46. The van der Waals surface area contributed by atoms with E-state index < -0.39 is 0 Å². The van der Waals surface area contributed by atoms with Gasteiger partial charge in [0.05, 0.1) is 18.3 Å². The average molecular weight is 403 g/mol. The molecular formula is C23H18FN3O3. The number of fused-ring (bicyclic) bond motifs is 1. The Morgan fingerprint density at radius 3 is 2.60 bits per heavy atom. The van der Waals surface area contributed by atoms with Gasteiger partial charge in [0.25, 0.3) is 0 Å². The van der Waals surface area contributed by atoms with Crippen LogP contribution in [0, 0.1) is 5.82 Å². The van der Waals surface area contributed by atoms with Crippen molar-refractivity contribution in [3.05, 3.63) is 95.0 Å². The normalized spacial score (nSPS) is 10.7. The first-order valence-corrected chi connectivity index (χ1v) is 9.37. The van der Waals surface area contributed by atoms with Crippen LogP contribution in [0.3, 0.4) is 0 Å². The minimum Gasteiger partial charge on any atom is -0.457 e. The Bertz CT molecular complexity index is 1250. The molecule has 0 saturated carbocycles. The number of nitrogens with zero attached hydrogens (tertiary/aromatic N) is 2. The number of hydrogen-bond acceptors (Lipinski definition) is 4. The number of anilines is 1. The highest BCUT2D eigenvalue weighted by molar-refractivity contribution is 5.90. The van der Waals surface area contributed by atoms with Gasteiger partial charge in [-0.2, -0.15) is 5.10 Å². The maximum atomic E-state index is 13.2. The predicted molar refractivity (Wildman–Crippen MR) is 112 cm³/mol. The number of ether oxygens (including phenoxy) is 1. The summed E-state index contributed by atoms with van der Waals surface area (Å²) in [5.74, 6) is 0.370. The predicted octanol–water partition coefficient (Wildman–Crippen LogP) is 4.36. The SMILES string of the molecule is O=C(CCn1ncc(=O)c2ccccc21)Nc1ccc(Oc2cccc(F)c2)cc1. The zero-order valence-corrected chi connectivity index (χ0v) is 15.9. The third-order valence-electron chi connectivity index (χ3n) is 4.48. The van der Waals surface area contributed by atoms with E-state index >= 15 is 0 Å². The molecule has 0 atom stereocenters. The highest BCUT2D eigenvalue weighted by Gasteiger charge is 2.07. The number of para-hydroxylation sites is 1. The van der Waals surface area contributed by atoms with Gasteiger partial charge in [-0.15, -0.1) is 0 Å². The van der Waals surface area contributed by atoms with E-state index in [2.05, 4.69) is 10.4 Å². The Labute approximate surface area is 171 Å². The topological polar surface area (TPSA) is 73.2 Å². The summed E-state index contributed by atoms with van der Waals surface area (Å²) in [6, 6.07) is 19.8. The largest absolute Gasteiger partial charge is 0.457 e. The number of halogens is 1. The summed E-state index contributed by atoms with van der Waals surface area (Å²) in [6.45, 7) is 0.341. The highest BCUT2D eigenvalue weighted by atomic mass is 19.1. The smallest absolute Gasteiger partial charge is 0.226 e. The Morgan fingerprint density at radius 1 is 1.00 bits per heavy atom. The number of amides is 1. The summed E-state index contributed by atoms with van der Waals surface area (Å²) >= 11 is 0. The Balaban J connectivity index is 1.37. The van der Waals surface area contributed by atoms with Crippen molar-refractivity contribution in [2.24, 2.45) is 0 Å². The third kappa shape index (κ3) is 4.52. The number of aromatic nitrogens is 2. The molecule has 30 heavy (non-hydrogen) atoms. The van der Waals surface area contributed by atoms with Gasteiger partial charge in [0.1, 0.15) is 17.3 Å². The van der Waals surface area contributed by atoms with Gasteiger partial charge >= 0.3 is 0 Å². The van der Waals surface area contributed by atoms with Crippen molar-refractivity contribution >= 4 is 22.5 Å². The molecule has 1 aromatic heterocycles. The van der Waals surface area contributed by atoms with Crippen LogP contribution in [0.25, 0.3) is 10.9 Å². The molecule has 6 nitrogen and oxygen atoms in total. The molecule has 1 heterocycles. The number of nitrogens with one attached hydrogen (secondary N) is 1. The lowest BCUT2D eigenvalue weighted by Crippen LogP contribution is -2.18. The van der Waals surface area contributed by atoms with Gasteiger partial charge < -0.3 is 10.1 Å². The molecule has 4 aromatic rings. The quantitative estimate of drug-likeness (QED) is 0.519. The first kappa shape index (κ1) is 19.3. The lowest BCUT2D eigenvalue weighted by atomic mass is 10.2. The minimum atomic E-state index is -0.374. The van der Waals surface area contributed by atoms with Crippen molar-refractivity contribution in [1.82, 2.24) is 9.78 Å². The van der Waals surface area contributed by atoms with Crippen molar-refractivity contribution < 1.29 is 13.9 Å².